The fourth-order valence-corrected chi connectivity index (χ4v) is 2.60. The van der Waals surface area contributed by atoms with Crippen LogP contribution in [0, 0.1) is 0 Å². The van der Waals surface area contributed by atoms with Gasteiger partial charge in [0.2, 0.25) is 0 Å². The van der Waals surface area contributed by atoms with Crippen LogP contribution in [0.3, 0.4) is 0 Å². The molecule has 20 heavy (non-hydrogen) atoms. The Bertz CT molecular complexity index is 657. The van der Waals surface area contributed by atoms with Gasteiger partial charge in [0.1, 0.15) is 5.76 Å². The first-order valence-electron chi connectivity index (χ1n) is 6.74. The van der Waals surface area contributed by atoms with E-state index < -0.39 is 0 Å². The van der Waals surface area contributed by atoms with Crippen LogP contribution < -0.4 is 9.47 Å². The average molecular weight is 273 g/mol. The van der Waals surface area contributed by atoms with Gasteiger partial charge in [-0.05, 0) is 31.2 Å². The third-order valence-corrected chi connectivity index (χ3v) is 3.81. The Morgan fingerprint density at radius 1 is 1.15 bits per heavy atom. The zero-order valence-electron chi connectivity index (χ0n) is 12.1. The molecule has 4 heteroatoms. The Kier molecular flexibility index (Phi) is 3.40. The minimum absolute atomic E-state index is 0.727. The minimum Gasteiger partial charge on any atom is -0.493 e. The third kappa shape index (κ3) is 2.16. The molecule has 2 aromatic rings. The first kappa shape index (κ1) is 13.1. The summed E-state index contributed by atoms with van der Waals surface area (Å²) in [5, 5.41) is 2.12. The summed E-state index contributed by atoms with van der Waals surface area (Å²) in [7, 11) is 5.42. The molecule has 0 spiro atoms. The first-order valence-corrected chi connectivity index (χ1v) is 6.74. The SMILES string of the molecule is COc1cc2coc(C3=CCN(C)CC3)c2cc1OC. The number of fused-ring (bicyclic) bond motifs is 1. The standard InChI is InChI=1S/C16H19NO3/c1-17-6-4-11(5-7-17)16-13-9-15(19-3)14(18-2)8-12(13)10-20-16/h4,8-10H,5-7H2,1-3H3. The molecule has 2 heterocycles. The van der Waals surface area contributed by atoms with E-state index >= 15 is 0 Å². The highest BCUT2D eigenvalue weighted by Gasteiger charge is 2.17. The molecule has 4 nitrogen and oxygen atoms in total. The van der Waals surface area contributed by atoms with Crippen molar-refractivity contribution in [2.75, 3.05) is 34.4 Å². The number of hydrogen-bond acceptors (Lipinski definition) is 4. The summed E-state index contributed by atoms with van der Waals surface area (Å²) in [4.78, 5) is 2.29. The van der Waals surface area contributed by atoms with Crippen LogP contribution in [-0.4, -0.2) is 39.3 Å². The van der Waals surface area contributed by atoms with Gasteiger partial charge < -0.3 is 18.8 Å². The lowest BCUT2D eigenvalue weighted by molar-refractivity contribution is 0.356. The zero-order chi connectivity index (χ0) is 14.1. The largest absolute Gasteiger partial charge is 0.493 e. The van der Waals surface area contributed by atoms with Gasteiger partial charge in [0.05, 0.1) is 20.5 Å². The summed E-state index contributed by atoms with van der Waals surface area (Å²) < 4.78 is 16.5. The van der Waals surface area contributed by atoms with Gasteiger partial charge in [-0.2, -0.15) is 0 Å². The fourth-order valence-electron chi connectivity index (χ4n) is 2.60. The monoisotopic (exact) mass is 273 g/mol. The van der Waals surface area contributed by atoms with Gasteiger partial charge in [0.15, 0.2) is 11.5 Å². The molecule has 106 valence electrons. The van der Waals surface area contributed by atoms with Crippen molar-refractivity contribution in [3.8, 4) is 11.5 Å². The Hall–Kier alpha value is -1.94. The van der Waals surface area contributed by atoms with Gasteiger partial charge >= 0.3 is 0 Å². The van der Waals surface area contributed by atoms with Gasteiger partial charge in [0.25, 0.3) is 0 Å². The van der Waals surface area contributed by atoms with Crippen LogP contribution in [0.25, 0.3) is 16.3 Å². The predicted molar refractivity (Wildman–Crippen MR) is 79.4 cm³/mol. The van der Waals surface area contributed by atoms with Crippen LogP contribution >= 0.6 is 0 Å². The zero-order valence-corrected chi connectivity index (χ0v) is 12.1. The van der Waals surface area contributed by atoms with Crippen LogP contribution in [0.4, 0.5) is 0 Å². The van der Waals surface area contributed by atoms with Crippen LogP contribution in [0.2, 0.25) is 0 Å². The second-order valence-electron chi connectivity index (χ2n) is 5.10. The Labute approximate surface area is 118 Å². The molecule has 3 rings (SSSR count). The van der Waals surface area contributed by atoms with Crippen molar-refractivity contribution in [3.05, 3.63) is 30.2 Å². The van der Waals surface area contributed by atoms with Crippen LogP contribution in [0.5, 0.6) is 11.5 Å². The molecule has 0 amide bonds. The van der Waals surface area contributed by atoms with Crippen molar-refractivity contribution in [1.29, 1.82) is 0 Å². The molecular formula is C16H19NO3. The highest BCUT2D eigenvalue weighted by molar-refractivity contribution is 5.94. The van der Waals surface area contributed by atoms with Gasteiger partial charge in [-0.1, -0.05) is 6.08 Å². The maximum Gasteiger partial charge on any atom is 0.161 e. The minimum atomic E-state index is 0.727. The van der Waals surface area contributed by atoms with E-state index in [4.69, 9.17) is 13.9 Å². The number of likely N-dealkylation sites (N-methyl/N-ethyl adjacent to an activating group) is 1. The molecule has 0 bridgehead atoms. The number of rotatable bonds is 3. The second-order valence-corrected chi connectivity index (χ2v) is 5.10. The highest BCUT2D eigenvalue weighted by atomic mass is 16.5. The van der Waals surface area contributed by atoms with Crippen LogP contribution in [0.1, 0.15) is 12.2 Å². The van der Waals surface area contributed by atoms with E-state index in [1.165, 1.54) is 5.57 Å². The predicted octanol–water partition coefficient (Wildman–Crippen LogP) is 3.17. The van der Waals surface area contributed by atoms with Crippen molar-refractivity contribution in [2.24, 2.45) is 0 Å². The molecule has 1 aromatic carbocycles. The maximum absolute atomic E-state index is 5.79. The molecule has 1 aliphatic heterocycles. The van der Waals surface area contributed by atoms with E-state index in [0.29, 0.717) is 0 Å². The number of benzene rings is 1. The van der Waals surface area contributed by atoms with Crippen molar-refractivity contribution in [1.82, 2.24) is 4.90 Å². The normalized spacial score (nSPS) is 16.2. The summed E-state index contributed by atoms with van der Waals surface area (Å²) in [6, 6.07) is 3.95. The van der Waals surface area contributed by atoms with Crippen molar-refractivity contribution < 1.29 is 13.9 Å². The number of hydrogen-bond donors (Lipinski definition) is 0. The lowest BCUT2D eigenvalue weighted by atomic mass is 10.0. The van der Waals surface area contributed by atoms with Gasteiger partial charge in [-0.25, -0.2) is 0 Å². The lowest BCUT2D eigenvalue weighted by Crippen LogP contribution is -2.23. The number of furan rings is 1. The molecule has 0 unspecified atom stereocenters. The number of nitrogens with zero attached hydrogens (tertiary/aromatic N) is 1. The molecule has 0 aliphatic carbocycles. The molecule has 0 radical (unpaired) electrons. The van der Waals surface area contributed by atoms with Crippen molar-refractivity contribution in [2.45, 2.75) is 6.42 Å². The average Bonchev–Trinajstić information content (AvgIpc) is 2.89. The number of methoxy groups -OCH3 is 2. The van der Waals surface area contributed by atoms with E-state index in [1.54, 1.807) is 20.5 Å². The molecule has 0 atom stereocenters. The maximum atomic E-state index is 5.79. The van der Waals surface area contributed by atoms with Gasteiger partial charge in [-0.3, -0.25) is 0 Å². The van der Waals surface area contributed by atoms with Crippen LogP contribution in [0.15, 0.2) is 28.9 Å². The summed E-state index contributed by atoms with van der Waals surface area (Å²) in [5.41, 5.74) is 1.27. The number of ether oxygens (including phenoxy) is 2. The summed E-state index contributed by atoms with van der Waals surface area (Å²) in [6.07, 6.45) is 5.03. The van der Waals surface area contributed by atoms with E-state index in [9.17, 15) is 0 Å². The molecule has 0 saturated carbocycles. The Balaban J connectivity index is 2.09. The van der Waals surface area contributed by atoms with Crippen LogP contribution in [-0.2, 0) is 0 Å². The summed E-state index contributed by atoms with van der Waals surface area (Å²) >= 11 is 0. The molecule has 1 aromatic heterocycles. The van der Waals surface area contributed by atoms with E-state index in [2.05, 4.69) is 18.0 Å². The van der Waals surface area contributed by atoms with E-state index in [-0.39, 0.29) is 0 Å². The lowest BCUT2D eigenvalue weighted by Gasteiger charge is -2.21. The first-order chi connectivity index (χ1) is 9.72. The summed E-state index contributed by atoms with van der Waals surface area (Å²) in [5.74, 6) is 2.41. The fraction of sp³-hybridized carbons (Fsp3) is 0.375. The van der Waals surface area contributed by atoms with E-state index in [0.717, 1.165) is 47.5 Å². The smallest absolute Gasteiger partial charge is 0.161 e. The van der Waals surface area contributed by atoms with Crippen molar-refractivity contribution >= 4 is 16.3 Å². The van der Waals surface area contributed by atoms with E-state index in [1.807, 2.05) is 12.1 Å². The quantitative estimate of drug-likeness (QED) is 0.860. The topological polar surface area (TPSA) is 34.8 Å². The van der Waals surface area contributed by atoms with Gasteiger partial charge in [-0.15, -0.1) is 0 Å². The summed E-state index contributed by atoms with van der Waals surface area (Å²) in [6.45, 7) is 2.02. The van der Waals surface area contributed by atoms with Gasteiger partial charge in [0, 0.05) is 23.9 Å². The molecule has 1 aliphatic rings. The Morgan fingerprint density at radius 2 is 1.90 bits per heavy atom. The van der Waals surface area contributed by atoms with Crippen molar-refractivity contribution in [3.63, 3.8) is 0 Å². The molecule has 0 fully saturated rings. The second kappa shape index (κ2) is 5.21. The Morgan fingerprint density at radius 3 is 2.55 bits per heavy atom. The third-order valence-electron chi connectivity index (χ3n) is 3.81. The molecular weight excluding hydrogens is 254 g/mol. The molecule has 0 saturated heterocycles. The highest BCUT2D eigenvalue weighted by Crippen LogP contribution is 2.37. The molecule has 0 N–H and O–H groups in total.